The number of ether oxygens (including phenoxy) is 2. The van der Waals surface area contributed by atoms with Crippen LogP contribution in [0.5, 0.6) is 17.2 Å². The molecule has 2 aliphatic heterocycles. The van der Waals surface area contributed by atoms with Crippen LogP contribution in [0.3, 0.4) is 0 Å². The molecule has 2 heterocycles. The molecule has 0 aromatic heterocycles. The first kappa shape index (κ1) is 16.8. The van der Waals surface area contributed by atoms with Crippen molar-refractivity contribution in [2.24, 2.45) is 0 Å². The highest BCUT2D eigenvalue weighted by Gasteiger charge is 2.26. The Morgan fingerprint density at radius 1 is 1.15 bits per heavy atom. The zero-order valence-corrected chi connectivity index (χ0v) is 15.5. The molecule has 0 saturated carbocycles. The molecule has 0 fully saturated rings. The first-order valence-corrected chi connectivity index (χ1v) is 9.18. The molecule has 2 aliphatic rings. The van der Waals surface area contributed by atoms with Crippen LogP contribution >= 0.6 is 0 Å². The lowest BCUT2D eigenvalue weighted by Crippen LogP contribution is -2.27. The number of phenolic OH excluding ortho intramolecular Hbond substituents is 1. The van der Waals surface area contributed by atoms with Crippen molar-refractivity contribution in [2.75, 3.05) is 6.61 Å². The van der Waals surface area contributed by atoms with Gasteiger partial charge in [-0.2, -0.15) is 0 Å². The fourth-order valence-corrected chi connectivity index (χ4v) is 3.55. The molecule has 0 saturated heterocycles. The molecule has 0 unspecified atom stereocenters. The van der Waals surface area contributed by atoms with Gasteiger partial charge < -0.3 is 14.6 Å². The van der Waals surface area contributed by atoms with Crippen LogP contribution < -0.4 is 9.47 Å². The van der Waals surface area contributed by atoms with Crippen LogP contribution in [0.2, 0.25) is 0 Å². The van der Waals surface area contributed by atoms with E-state index < -0.39 is 0 Å². The lowest BCUT2D eigenvalue weighted by Gasteiger charge is -2.30. The van der Waals surface area contributed by atoms with Crippen molar-refractivity contribution in [3.63, 3.8) is 0 Å². The third kappa shape index (κ3) is 2.98. The van der Waals surface area contributed by atoms with Crippen molar-refractivity contribution in [1.82, 2.24) is 0 Å². The van der Waals surface area contributed by atoms with E-state index in [1.807, 2.05) is 38.1 Å². The fraction of sp³-hybridized carbons (Fsp3) is 0.304. The van der Waals surface area contributed by atoms with Gasteiger partial charge in [0.15, 0.2) is 0 Å². The van der Waals surface area contributed by atoms with Gasteiger partial charge in [0, 0.05) is 16.7 Å². The lowest BCUT2D eigenvalue weighted by atomic mass is 9.95. The monoisotopic (exact) mass is 348 g/mol. The van der Waals surface area contributed by atoms with Gasteiger partial charge >= 0.3 is 0 Å². The molecule has 0 atom stereocenters. The number of rotatable bonds is 3. The fourth-order valence-electron chi connectivity index (χ4n) is 3.55. The summed E-state index contributed by atoms with van der Waals surface area (Å²) in [5.41, 5.74) is 4.67. The summed E-state index contributed by atoms with van der Waals surface area (Å²) >= 11 is 0. The lowest BCUT2D eigenvalue weighted by molar-refractivity contribution is 0.158. The molecule has 2 aromatic carbocycles. The summed E-state index contributed by atoms with van der Waals surface area (Å²) in [6, 6.07) is 9.95. The minimum atomic E-state index is -0.303. The number of aromatic hydroxyl groups is 1. The molecule has 0 radical (unpaired) electrons. The second-order valence-electron chi connectivity index (χ2n) is 7.49. The molecular formula is C23H24O3. The number of benzene rings is 2. The molecule has 0 spiro atoms. The van der Waals surface area contributed by atoms with Gasteiger partial charge in [-0.1, -0.05) is 25.5 Å². The van der Waals surface area contributed by atoms with Gasteiger partial charge in [0.1, 0.15) is 29.5 Å². The van der Waals surface area contributed by atoms with Gasteiger partial charge in [0.05, 0.1) is 5.56 Å². The summed E-state index contributed by atoms with van der Waals surface area (Å²) in [5, 5.41) is 10.4. The van der Waals surface area contributed by atoms with Crippen LogP contribution in [0.25, 0.3) is 17.7 Å². The molecule has 4 rings (SSSR count). The third-order valence-electron chi connectivity index (χ3n) is 4.86. The van der Waals surface area contributed by atoms with Crippen LogP contribution in [-0.2, 0) is 6.42 Å². The van der Waals surface area contributed by atoms with Gasteiger partial charge in [0.2, 0.25) is 0 Å². The van der Waals surface area contributed by atoms with Crippen LogP contribution in [-0.4, -0.2) is 17.3 Å². The van der Waals surface area contributed by atoms with Crippen LogP contribution in [0, 0.1) is 0 Å². The third-order valence-corrected chi connectivity index (χ3v) is 4.86. The molecule has 0 bridgehead atoms. The Balaban J connectivity index is 1.71. The van der Waals surface area contributed by atoms with Gasteiger partial charge in [-0.3, -0.25) is 0 Å². The highest BCUT2D eigenvalue weighted by molar-refractivity contribution is 5.89. The van der Waals surface area contributed by atoms with Crippen LogP contribution in [0.15, 0.2) is 36.4 Å². The zero-order chi connectivity index (χ0) is 18.3. The minimum absolute atomic E-state index is 0.303. The number of phenols is 1. The quantitative estimate of drug-likeness (QED) is 0.800. The predicted octanol–water partition coefficient (Wildman–Crippen LogP) is 5.46. The molecule has 3 nitrogen and oxygen atoms in total. The molecule has 3 heteroatoms. The average Bonchev–Trinajstić information content (AvgIpc) is 2.60. The Labute approximate surface area is 154 Å². The number of hydrogen-bond donors (Lipinski definition) is 1. The van der Waals surface area contributed by atoms with E-state index in [2.05, 4.69) is 31.2 Å². The second kappa shape index (κ2) is 6.24. The molecule has 26 heavy (non-hydrogen) atoms. The van der Waals surface area contributed by atoms with Crippen molar-refractivity contribution in [3.05, 3.63) is 58.7 Å². The smallest absolute Gasteiger partial charge is 0.137 e. The standard InChI is InChI=1S/C23H24O3/c1-4-5-15-6-8-18(20(24)12-15)17-13-16-7-9-21-19(22(16)25-14-17)10-11-23(2,3)26-21/h6-13,24H,4-5,14H2,1-3H3. The van der Waals surface area contributed by atoms with E-state index in [0.717, 1.165) is 52.2 Å². The molecule has 0 amide bonds. The Morgan fingerprint density at radius 2 is 2.00 bits per heavy atom. The summed E-state index contributed by atoms with van der Waals surface area (Å²) in [4.78, 5) is 0. The van der Waals surface area contributed by atoms with Crippen molar-refractivity contribution < 1.29 is 14.6 Å². The highest BCUT2D eigenvalue weighted by Crippen LogP contribution is 2.43. The molecule has 0 aliphatic carbocycles. The van der Waals surface area contributed by atoms with Gasteiger partial charge in [-0.15, -0.1) is 0 Å². The first-order chi connectivity index (χ1) is 12.5. The summed E-state index contributed by atoms with van der Waals surface area (Å²) < 4.78 is 12.1. The van der Waals surface area contributed by atoms with Crippen molar-refractivity contribution in [2.45, 2.75) is 39.2 Å². The van der Waals surface area contributed by atoms with Gasteiger partial charge in [-0.25, -0.2) is 0 Å². The SMILES string of the molecule is CCCc1ccc(C2=Cc3ccc4c(c3OC2)C=CC(C)(C)O4)c(O)c1. The molecule has 2 aromatic rings. The summed E-state index contributed by atoms with van der Waals surface area (Å²) in [5.74, 6) is 2.01. The normalized spacial score (nSPS) is 16.8. The Bertz CT molecular complexity index is 919. The van der Waals surface area contributed by atoms with E-state index in [1.165, 1.54) is 0 Å². The largest absolute Gasteiger partial charge is 0.507 e. The molecule has 134 valence electrons. The number of hydrogen-bond acceptors (Lipinski definition) is 3. The number of fused-ring (bicyclic) bond motifs is 3. The van der Waals surface area contributed by atoms with Crippen LogP contribution in [0.4, 0.5) is 0 Å². The second-order valence-corrected chi connectivity index (χ2v) is 7.49. The van der Waals surface area contributed by atoms with Crippen molar-refractivity contribution in [1.29, 1.82) is 0 Å². The van der Waals surface area contributed by atoms with Crippen molar-refractivity contribution in [3.8, 4) is 17.2 Å². The highest BCUT2D eigenvalue weighted by atomic mass is 16.5. The summed E-state index contributed by atoms with van der Waals surface area (Å²) in [6.45, 7) is 6.65. The van der Waals surface area contributed by atoms with Gasteiger partial charge in [0.25, 0.3) is 0 Å². The predicted molar refractivity (Wildman–Crippen MR) is 106 cm³/mol. The summed E-state index contributed by atoms with van der Waals surface area (Å²) in [6.07, 6.45) is 8.27. The summed E-state index contributed by atoms with van der Waals surface area (Å²) in [7, 11) is 0. The maximum Gasteiger partial charge on any atom is 0.137 e. The maximum atomic E-state index is 10.4. The molecular weight excluding hydrogens is 324 g/mol. The van der Waals surface area contributed by atoms with E-state index in [1.54, 1.807) is 0 Å². The maximum absolute atomic E-state index is 10.4. The Morgan fingerprint density at radius 3 is 2.77 bits per heavy atom. The molecule has 1 N–H and O–H groups in total. The van der Waals surface area contributed by atoms with E-state index in [-0.39, 0.29) is 5.60 Å². The van der Waals surface area contributed by atoms with E-state index in [4.69, 9.17) is 9.47 Å². The van der Waals surface area contributed by atoms with Gasteiger partial charge in [-0.05, 0) is 62.3 Å². The minimum Gasteiger partial charge on any atom is -0.507 e. The van der Waals surface area contributed by atoms with E-state index >= 15 is 0 Å². The number of aryl methyl sites for hydroxylation is 1. The van der Waals surface area contributed by atoms with Crippen LogP contribution in [0.1, 0.15) is 49.4 Å². The zero-order valence-electron chi connectivity index (χ0n) is 15.5. The average molecular weight is 348 g/mol. The first-order valence-electron chi connectivity index (χ1n) is 9.18. The van der Waals surface area contributed by atoms with E-state index in [9.17, 15) is 5.11 Å². The van der Waals surface area contributed by atoms with Crippen molar-refractivity contribution >= 4 is 17.7 Å². The van der Waals surface area contributed by atoms with E-state index in [0.29, 0.717) is 12.4 Å². The Hall–Kier alpha value is -2.68. The Kier molecular flexibility index (Phi) is 4.03. The topological polar surface area (TPSA) is 38.7 Å².